The van der Waals surface area contributed by atoms with Crippen molar-refractivity contribution >= 4 is 5.91 Å². The number of rotatable bonds is 7. The van der Waals surface area contributed by atoms with Crippen LogP contribution in [0.25, 0.3) is 0 Å². The number of likely N-dealkylation sites (tertiary alicyclic amines) is 1. The van der Waals surface area contributed by atoms with Crippen LogP contribution in [-0.4, -0.2) is 53.4 Å². The highest BCUT2D eigenvalue weighted by Gasteiger charge is 2.27. The number of amides is 1. The van der Waals surface area contributed by atoms with E-state index < -0.39 is 0 Å². The second-order valence-electron chi connectivity index (χ2n) is 7.81. The molecule has 7 heteroatoms. The Hall–Kier alpha value is -2.38. The fourth-order valence-electron chi connectivity index (χ4n) is 4.32. The molecule has 156 valence electrons. The molecule has 1 unspecified atom stereocenters. The minimum Gasteiger partial charge on any atom is -0.497 e. The van der Waals surface area contributed by atoms with Gasteiger partial charge in [-0.15, -0.1) is 0 Å². The molecule has 2 aliphatic rings. The van der Waals surface area contributed by atoms with Crippen LogP contribution < -0.4 is 10.1 Å². The van der Waals surface area contributed by atoms with E-state index in [9.17, 15) is 4.79 Å². The summed E-state index contributed by atoms with van der Waals surface area (Å²) in [5, 5.41) is 8.02. The maximum atomic E-state index is 12.5. The van der Waals surface area contributed by atoms with E-state index in [0.29, 0.717) is 13.0 Å². The van der Waals surface area contributed by atoms with Gasteiger partial charge in [-0.05, 0) is 31.0 Å². The number of hydrogen-bond acceptors (Lipinski definition) is 5. The number of aryl methyl sites for hydroxylation is 1. The third-order valence-corrected chi connectivity index (χ3v) is 5.79. The Kier molecular flexibility index (Phi) is 6.16. The molecule has 0 spiro atoms. The molecular formula is C22H30N4O3. The van der Waals surface area contributed by atoms with Crippen LogP contribution in [-0.2, 0) is 42.1 Å². The predicted molar refractivity (Wildman–Crippen MR) is 110 cm³/mol. The highest BCUT2D eigenvalue weighted by atomic mass is 16.5. The molecule has 0 bridgehead atoms. The molecule has 1 N–H and O–H groups in total. The number of carbonyl (C=O) groups is 1. The van der Waals surface area contributed by atoms with Crippen LogP contribution in [0, 0.1) is 0 Å². The summed E-state index contributed by atoms with van der Waals surface area (Å²) in [6.07, 6.45) is 2.29. The number of ether oxygens (including phenoxy) is 2. The van der Waals surface area contributed by atoms with E-state index in [4.69, 9.17) is 14.6 Å². The standard InChI is InChI=1S/C22H30N4O3/c1-3-26-21-8-10-29-15-19(21)20(24-26)14-25-9-7-17(13-25)23-22(27)12-16-5-4-6-18(11-16)28-2/h4-6,11,17H,3,7-10,12-15H2,1-2H3,(H,23,27). The molecule has 7 nitrogen and oxygen atoms in total. The zero-order valence-electron chi connectivity index (χ0n) is 17.3. The van der Waals surface area contributed by atoms with Crippen molar-refractivity contribution in [2.24, 2.45) is 0 Å². The Labute approximate surface area is 172 Å². The summed E-state index contributed by atoms with van der Waals surface area (Å²) in [5.41, 5.74) is 4.69. The van der Waals surface area contributed by atoms with E-state index in [0.717, 1.165) is 62.6 Å². The van der Waals surface area contributed by atoms with Crippen LogP contribution in [0.1, 0.15) is 35.9 Å². The van der Waals surface area contributed by atoms with Gasteiger partial charge in [-0.25, -0.2) is 0 Å². The minimum atomic E-state index is 0.0612. The van der Waals surface area contributed by atoms with Gasteiger partial charge in [0.05, 0.1) is 32.4 Å². The van der Waals surface area contributed by atoms with E-state index in [-0.39, 0.29) is 11.9 Å². The zero-order chi connectivity index (χ0) is 20.2. The van der Waals surface area contributed by atoms with Gasteiger partial charge in [-0.3, -0.25) is 14.4 Å². The summed E-state index contributed by atoms with van der Waals surface area (Å²) < 4.78 is 13.0. The van der Waals surface area contributed by atoms with E-state index in [1.54, 1.807) is 7.11 Å². The molecule has 0 radical (unpaired) electrons. The van der Waals surface area contributed by atoms with Crippen LogP contribution >= 0.6 is 0 Å². The maximum absolute atomic E-state index is 12.5. The summed E-state index contributed by atoms with van der Waals surface area (Å²) in [4.78, 5) is 14.8. The van der Waals surface area contributed by atoms with E-state index in [1.165, 1.54) is 11.3 Å². The number of fused-ring (bicyclic) bond motifs is 1. The van der Waals surface area contributed by atoms with Gasteiger partial charge in [0.2, 0.25) is 5.91 Å². The zero-order valence-corrected chi connectivity index (χ0v) is 17.3. The molecule has 2 aromatic rings. The van der Waals surface area contributed by atoms with Gasteiger partial charge in [0.25, 0.3) is 0 Å². The van der Waals surface area contributed by atoms with Crippen molar-refractivity contribution in [3.05, 3.63) is 46.8 Å². The highest BCUT2D eigenvalue weighted by Crippen LogP contribution is 2.23. The summed E-state index contributed by atoms with van der Waals surface area (Å²) >= 11 is 0. The Morgan fingerprint density at radius 3 is 3.14 bits per heavy atom. The van der Waals surface area contributed by atoms with Crippen molar-refractivity contribution in [1.82, 2.24) is 20.0 Å². The number of benzene rings is 1. The maximum Gasteiger partial charge on any atom is 0.224 e. The molecule has 1 atom stereocenters. The summed E-state index contributed by atoms with van der Waals surface area (Å²) in [7, 11) is 1.64. The van der Waals surface area contributed by atoms with Crippen LogP contribution in [0.5, 0.6) is 5.75 Å². The third kappa shape index (κ3) is 4.62. The lowest BCUT2D eigenvalue weighted by Gasteiger charge is -2.18. The van der Waals surface area contributed by atoms with Crippen LogP contribution in [0.3, 0.4) is 0 Å². The molecule has 1 saturated heterocycles. The van der Waals surface area contributed by atoms with Gasteiger partial charge in [-0.1, -0.05) is 12.1 Å². The quantitative estimate of drug-likeness (QED) is 0.772. The molecule has 0 aliphatic carbocycles. The molecule has 1 aromatic carbocycles. The lowest BCUT2D eigenvalue weighted by atomic mass is 10.1. The number of carbonyl (C=O) groups excluding carboxylic acids is 1. The smallest absolute Gasteiger partial charge is 0.224 e. The van der Waals surface area contributed by atoms with E-state index in [1.807, 2.05) is 24.3 Å². The lowest BCUT2D eigenvalue weighted by molar-refractivity contribution is -0.121. The number of nitrogens with zero attached hydrogens (tertiary/aromatic N) is 3. The van der Waals surface area contributed by atoms with Crippen LogP contribution in [0.2, 0.25) is 0 Å². The number of methoxy groups -OCH3 is 1. The highest BCUT2D eigenvalue weighted by molar-refractivity contribution is 5.79. The number of hydrogen-bond donors (Lipinski definition) is 1. The van der Waals surface area contributed by atoms with Crippen molar-refractivity contribution in [3.63, 3.8) is 0 Å². The Bertz CT molecular complexity index is 864. The normalized spacial score (nSPS) is 19.2. The molecular weight excluding hydrogens is 368 g/mol. The van der Waals surface area contributed by atoms with Gasteiger partial charge < -0.3 is 14.8 Å². The molecule has 1 amide bonds. The fourth-order valence-corrected chi connectivity index (χ4v) is 4.32. The average molecular weight is 399 g/mol. The van der Waals surface area contributed by atoms with E-state index in [2.05, 4.69) is 21.8 Å². The van der Waals surface area contributed by atoms with Crippen molar-refractivity contribution in [3.8, 4) is 5.75 Å². The summed E-state index contributed by atoms with van der Waals surface area (Å²) in [6.45, 7) is 7.13. The predicted octanol–water partition coefficient (Wildman–Crippen LogP) is 1.92. The molecule has 0 saturated carbocycles. The molecule has 29 heavy (non-hydrogen) atoms. The van der Waals surface area contributed by atoms with Gasteiger partial charge in [0.1, 0.15) is 5.75 Å². The summed E-state index contributed by atoms with van der Waals surface area (Å²) in [5.74, 6) is 0.840. The Morgan fingerprint density at radius 1 is 1.41 bits per heavy atom. The first-order chi connectivity index (χ1) is 14.2. The number of aromatic nitrogens is 2. The van der Waals surface area contributed by atoms with Crippen molar-refractivity contribution in [1.29, 1.82) is 0 Å². The largest absolute Gasteiger partial charge is 0.497 e. The Morgan fingerprint density at radius 2 is 2.31 bits per heavy atom. The Balaban J connectivity index is 1.31. The average Bonchev–Trinajstić information content (AvgIpc) is 3.32. The monoisotopic (exact) mass is 398 g/mol. The fraction of sp³-hybridized carbons (Fsp3) is 0.545. The first kappa shape index (κ1) is 19.9. The molecule has 1 fully saturated rings. The minimum absolute atomic E-state index is 0.0612. The second kappa shape index (κ2) is 8.97. The topological polar surface area (TPSA) is 68.6 Å². The molecule has 1 aromatic heterocycles. The second-order valence-corrected chi connectivity index (χ2v) is 7.81. The molecule has 3 heterocycles. The van der Waals surface area contributed by atoms with Crippen LogP contribution in [0.4, 0.5) is 0 Å². The lowest BCUT2D eigenvalue weighted by Crippen LogP contribution is -2.37. The van der Waals surface area contributed by atoms with E-state index >= 15 is 0 Å². The van der Waals surface area contributed by atoms with Crippen molar-refractivity contribution in [2.45, 2.75) is 51.9 Å². The van der Waals surface area contributed by atoms with Gasteiger partial charge in [-0.2, -0.15) is 5.10 Å². The van der Waals surface area contributed by atoms with Crippen LogP contribution in [0.15, 0.2) is 24.3 Å². The van der Waals surface area contributed by atoms with Gasteiger partial charge in [0.15, 0.2) is 0 Å². The molecule has 2 aliphatic heterocycles. The summed E-state index contributed by atoms with van der Waals surface area (Å²) in [6, 6.07) is 7.86. The van der Waals surface area contributed by atoms with Crippen molar-refractivity contribution < 1.29 is 14.3 Å². The first-order valence-electron chi connectivity index (χ1n) is 10.5. The number of nitrogens with one attached hydrogen (secondary N) is 1. The van der Waals surface area contributed by atoms with Crippen molar-refractivity contribution in [2.75, 3.05) is 26.8 Å². The van der Waals surface area contributed by atoms with Gasteiger partial charge >= 0.3 is 0 Å². The molecule has 4 rings (SSSR count). The van der Waals surface area contributed by atoms with Gasteiger partial charge in [0, 0.05) is 49.9 Å². The third-order valence-electron chi connectivity index (χ3n) is 5.79. The SMILES string of the molecule is CCn1nc(CN2CCC(NC(=O)Cc3cccc(OC)c3)C2)c2c1CCOC2. The first-order valence-corrected chi connectivity index (χ1v) is 10.5.